The fourth-order valence-corrected chi connectivity index (χ4v) is 2.80. The van der Waals surface area contributed by atoms with E-state index in [1.807, 2.05) is 24.3 Å². The zero-order valence-electron chi connectivity index (χ0n) is 12.7. The number of hydrogen-bond acceptors (Lipinski definition) is 2. The van der Waals surface area contributed by atoms with Gasteiger partial charge in [-0.1, -0.05) is 54.1 Å². The number of nitrogens with two attached hydrogens (primary N) is 2. The van der Waals surface area contributed by atoms with Crippen molar-refractivity contribution in [3.8, 4) is 0 Å². The Morgan fingerprint density at radius 3 is 1.59 bits per heavy atom. The zero-order valence-corrected chi connectivity index (χ0v) is 12.7. The molecule has 0 saturated heterocycles. The Kier molecular flexibility index (Phi) is 3.84. The Hall–Kier alpha value is -2.74. The quantitative estimate of drug-likeness (QED) is 0.556. The molecule has 0 fully saturated rings. The molecule has 110 valence electrons. The summed E-state index contributed by atoms with van der Waals surface area (Å²) in [6.07, 6.45) is 0. The molecule has 3 rings (SSSR count). The lowest BCUT2D eigenvalue weighted by atomic mass is 9.84. The molecule has 0 saturated carbocycles. The van der Waals surface area contributed by atoms with E-state index < -0.39 is 0 Å². The summed E-state index contributed by atoms with van der Waals surface area (Å²) < 4.78 is 0. The van der Waals surface area contributed by atoms with Crippen LogP contribution in [-0.2, 0) is 0 Å². The third-order valence-corrected chi connectivity index (χ3v) is 3.92. The van der Waals surface area contributed by atoms with E-state index in [2.05, 4.69) is 55.5 Å². The highest BCUT2D eigenvalue weighted by atomic mass is 14.5. The second kappa shape index (κ2) is 5.94. The number of rotatable bonds is 3. The zero-order chi connectivity index (χ0) is 15.5. The van der Waals surface area contributed by atoms with Crippen LogP contribution in [0.4, 0.5) is 11.4 Å². The first-order valence-corrected chi connectivity index (χ1v) is 7.41. The van der Waals surface area contributed by atoms with Crippen LogP contribution in [0.15, 0.2) is 72.8 Å². The maximum Gasteiger partial charge on any atom is 0.0340 e. The molecule has 2 nitrogen and oxygen atoms in total. The van der Waals surface area contributed by atoms with Gasteiger partial charge in [0.25, 0.3) is 0 Å². The van der Waals surface area contributed by atoms with Crippen molar-refractivity contribution in [1.29, 1.82) is 0 Å². The third kappa shape index (κ3) is 2.96. The molecule has 0 aromatic heterocycles. The molecule has 0 heterocycles. The van der Waals surface area contributed by atoms with Gasteiger partial charge in [-0.3, -0.25) is 0 Å². The van der Waals surface area contributed by atoms with Crippen LogP contribution < -0.4 is 11.5 Å². The summed E-state index contributed by atoms with van der Waals surface area (Å²) in [5, 5.41) is 0. The van der Waals surface area contributed by atoms with Crippen molar-refractivity contribution in [3.63, 3.8) is 0 Å². The van der Waals surface area contributed by atoms with E-state index >= 15 is 0 Å². The SMILES string of the molecule is Cc1cccc(C(c2ccc(N)cc2)c2ccc(N)cc2)c1. The van der Waals surface area contributed by atoms with Gasteiger partial charge < -0.3 is 11.5 Å². The number of benzene rings is 3. The van der Waals surface area contributed by atoms with Crippen molar-refractivity contribution in [2.45, 2.75) is 12.8 Å². The van der Waals surface area contributed by atoms with E-state index in [-0.39, 0.29) is 5.92 Å². The van der Waals surface area contributed by atoms with Crippen LogP contribution in [0, 0.1) is 6.92 Å². The molecule has 0 radical (unpaired) electrons. The van der Waals surface area contributed by atoms with Crippen molar-refractivity contribution < 1.29 is 0 Å². The van der Waals surface area contributed by atoms with Crippen LogP contribution in [0.5, 0.6) is 0 Å². The van der Waals surface area contributed by atoms with E-state index in [4.69, 9.17) is 11.5 Å². The van der Waals surface area contributed by atoms with Gasteiger partial charge in [-0.05, 0) is 47.9 Å². The number of nitrogen functional groups attached to an aromatic ring is 2. The van der Waals surface area contributed by atoms with Crippen LogP contribution in [-0.4, -0.2) is 0 Å². The lowest BCUT2D eigenvalue weighted by Gasteiger charge is -2.19. The molecule has 4 N–H and O–H groups in total. The molecule has 3 aromatic carbocycles. The minimum Gasteiger partial charge on any atom is -0.399 e. The molecule has 22 heavy (non-hydrogen) atoms. The van der Waals surface area contributed by atoms with Crippen molar-refractivity contribution in [2.75, 3.05) is 11.5 Å². The van der Waals surface area contributed by atoms with Crippen molar-refractivity contribution in [2.24, 2.45) is 0 Å². The van der Waals surface area contributed by atoms with Gasteiger partial charge >= 0.3 is 0 Å². The Labute approximate surface area is 131 Å². The lowest BCUT2D eigenvalue weighted by Crippen LogP contribution is -2.04. The molecule has 0 atom stereocenters. The van der Waals surface area contributed by atoms with Gasteiger partial charge in [0.15, 0.2) is 0 Å². The fraction of sp³-hybridized carbons (Fsp3) is 0.100. The van der Waals surface area contributed by atoms with Crippen molar-refractivity contribution in [1.82, 2.24) is 0 Å². The lowest BCUT2D eigenvalue weighted by molar-refractivity contribution is 0.975. The Morgan fingerprint density at radius 2 is 1.14 bits per heavy atom. The molecule has 0 unspecified atom stereocenters. The smallest absolute Gasteiger partial charge is 0.0340 e. The molecule has 0 aliphatic heterocycles. The topological polar surface area (TPSA) is 52.0 Å². The maximum atomic E-state index is 5.83. The Balaban J connectivity index is 2.13. The molecule has 2 heteroatoms. The van der Waals surface area contributed by atoms with Gasteiger partial charge in [0.1, 0.15) is 0 Å². The summed E-state index contributed by atoms with van der Waals surface area (Å²) in [5.41, 5.74) is 18.2. The number of anilines is 2. The molecule has 0 amide bonds. The van der Waals surface area contributed by atoms with Gasteiger partial charge in [0.05, 0.1) is 0 Å². The summed E-state index contributed by atoms with van der Waals surface area (Å²) in [4.78, 5) is 0. The van der Waals surface area contributed by atoms with Crippen LogP contribution in [0.1, 0.15) is 28.2 Å². The third-order valence-electron chi connectivity index (χ3n) is 3.92. The first kappa shape index (κ1) is 14.2. The van der Waals surface area contributed by atoms with Gasteiger partial charge in [-0.25, -0.2) is 0 Å². The first-order valence-electron chi connectivity index (χ1n) is 7.41. The fourth-order valence-electron chi connectivity index (χ4n) is 2.80. The Morgan fingerprint density at radius 1 is 0.636 bits per heavy atom. The summed E-state index contributed by atoms with van der Waals surface area (Å²) in [7, 11) is 0. The molecule has 0 aliphatic rings. The van der Waals surface area contributed by atoms with Crippen molar-refractivity contribution >= 4 is 11.4 Å². The van der Waals surface area contributed by atoms with E-state index in [0.29, 0.717) is 0 Å². The normalized spacial score (nSPS) is 10.8. The Bertz CT molecular complexity index is 713. The van der Waals surface area contributed by atoms with Crippen LogP contribution in [0.2, 0.25) is 0 Å². The highest BCUT2D eigenvalue weighted by Crippen LogP contribution is 2.33. The predicted molar refractivity (Wildman–Crippen MR) is 93.8 cm³/mol. The monoisotopic (exact) mass is 288 g/mol. The first-order chi connectivity index (χ1) is 10.6. The minimum absolute atomic E-state index is 0.182. The summed E-state index contributed by atoms with van der Waals surface area (Å²) in [5.74, 6) is 0.182. The van der Waals surface area contributed by atoms with Crippen LogP contribution >= 0.6 is 0 Å². The molecule has 0 aliphatic carbocycles. The highest BCUT2D eigenvalue weighted by molar-refractivity contribution is 5.50. The summed E-state index contributed by atoms with van der Waals surface area (Å²) in [6.45, 7) is 2.12. The van der Waals surface area contributed by atoms with Crippen molar-refractivity contribution in [3.05, 3.63) is 95.1 Å². The van der Waals surface area contributed by atoms with Crippen LogP contribution in [0.3, 0.4) is 0 Å². The molecular formula is C20H20N2. The highest BCUT2D eigenvalue weighted by Gasteiger charge is 2.16. The van der Waals surface area contributed by atoms with E-state index in [1.165, 1.54) is 22.3 Å². The molecule has 0 spiro atoms. The van der Waals surface area contributed by atoms with Gasteiger partial charge in [0, 0.05) is 17.3 Å². The van der Waals surface area contributed by atoms with E-state index in [1.54, 1.807) is 0 Å². The number of hydrogen-bond donors (Lipinski definition) is 2. The maximum absolute atomic E-state index is 5.83. The second-order valence-electron chi connectivity index (χ2n) is 5.68. The minimum atomic E-state index is 0.182. The van der Waals surface area contributed by atoms with E-state index in [9.17, 15) is 0 Å². The summed E-state index contributed by atoms with van der Waals surface area (Å²) in [6, 6.07) is 24.8. The largest absolute Gasteiger partial charge is 0.399 e. The molecule has 3 aromatic rings. The van der Waals surface area contributed by atoms with Gasteiger partial charge in [0.2, 0.25) is 0 Å². The van der Waals surface area contributed by atoms with Crippen LogP contribution in [0.25, 0.3) is 0 Å². The standard InChI is InChI=1S/C20H20N2/c1-14-3-2-4-17(13-14)20(15-5-9-18(21)10-6-15)16-7-11-19(22)12-8-16/h2-13,20H,21-22H2,1H3. The van der Waals surface area contributed by atoms with Gasteiger partial charge in [-0.15, -0.1) is 0 Å². The average molecular weight is 288 g/mol. The van der Waals surface area contributed by atoms with E-state index in [0.717, 1.165) is 11.4 Å². The number of aryl methyl sites for hydroxylation is 1. The predicted octanol–water partition coefficient (Wildman–Crippen LogP) is 4.34. The summed E-state index contributed by atoms with van der Waals surface area (Å²) >= 11 is 0. The molecule has 0 bridgehead atoms. The molecular weight excluding hydrogens is 268 g/mol. The average Bonchev–Trinajstić information content (AvgIpc) is 2.51. The second-order valence-corrected chi connectivity index (χ2v) is 5.68. The van der Waals surface area contributed by atoms with Gasteiger partial charge in [-0.2, -0.15) is 0 Å².